The third-order valence-corrected chi connectivity index (χ3v) is 10.5. The van der Waals surface area contributed by atoms with Crippen LogP contribution < -0.4 is 4.90 Å². The predicted octanol–water partition coefficient (Wildman–Crippen LogP) is 4.81. The van der Waals surface area contributed by atoms with Gasteiger partial charge in [0.2, 0.25) is 5.91 Å². The second kappa shape index (κ2) is 10.1. The van der Waals surface area contributed by atoms with Crippen molar-refractivity contribution < 1.29 is 13.2 Å². The van der Waals surface area contributed by atoms with Crippen LogP contribution in [0.15, 0.2) is 70.3 Å². The molecule has 5 rings (SSSR count). The van der Waals surface area contributed by atoms with E-state index in [9.17, 15) is 13.2 Å². The minimum Gasteiger partial charge on any atom is -0.367 e. The molecule has 3 aromatic rings. The summed E-state index contributed by atoms with van der Waals surface area (Å²) < 4.78 is 28.3. The Hall–Kier alpha value is -2.10. The van der Waals surface area contributed by atoms with Crippen molar-refractivity contribution in [2.45, 2.75) is 10.1 Å². The molecule has 2 fully saturated rings. The molecule has 3 heterocycles. The van der Waals surface area contributed by atoms with Crippen molar-refractivity contribution in [3.8, 4) is 0 Å². The number of amides is 1. The van der Waals surface area contributed by atoms with Crippen molar-refractivity contribution in [3.63, 3.8) is 0 Å². The van der Waals surface area contributed by atoms with E-state index in [-0.39, 0.29) is 18.4 Å². The van der Waals surface area contributed by atoms with Gasteiger partial charge in [-0.1, -0.05) is 59.6 Å². The first-order valence-corrected chi connectivity index (χ1v) is 14.5. The first-order valence-electron chi connectivity index (χ1n) is 11.4. The minimum absolute atomic E-state index is 0.000395. The molecule has 0 bridgehead atoms. The van der Waals surface area contributed by atoms with E-state index in [1.807, 2.05) is 41.3 Å². The van der Waals surface area contributed by atoms with Gasteiger partial charge in [0, 0.05) is 50.2 Å². The maximum absolute atomic E-state index is 13.7. The number of carbonyl (C=O) groups excluding carboxylic acids is 1. The number of hydrogen-bond donors (Lipinski definition) is 0. The van der Waals surface area contributed by atoms with Crippen molar-refractivity contribution in [1.29, 1.82) is 0 Å². The molecule has 1 unspecified atom stereocenters. The Morgan fingerprint density at radius 2 is 1.66 bits per heavy atom. The summed E-state index contributed by atoms with van der Waals surface area (Å²) in [4.78, 5) is 17.7. The normalized spacial score (nSPS) is 21.4. The van der Waals surface area contributed by atoms with Crippen LogP contribution in [-0.2, 0) is 14.8 Å². The Morgan fingerprint density at radius 1 is 0.914 bits per heavy atom. The standard InChI is InChI=1S/C25H25Cl2N3O3S2/c26-19-8-9-22(27)23(15-19)28-10-12-29(13-11-28)25(31)21-17-30(35(32,33)24-7-4-14-34-24)16-20(21)18-5-2-1-3-6-18/h1-9,14-15,20-21H,10-13,16-17H2/t20?,21-/m1/s1. The summed E-state index contributed by atoms with van der Waals surface area (Å²) in [6, 6.07) is 18.5. The lowest BCUT2D eigenvalue weighted by atomic mass is 9.88. The number of hydrogen-bond acceptors (Lipinski definition) is 5. The predicted molar refractivity (Wildman–Crippen MR) is 141 cm³/mol. The number of sulfonamides is 1. The van der Waals surface area contributed by atoms with E-state index < -0.39 is 15.9 Å². The van der Waals surface area contributed by atoms with E-state index in [0.717, 1.165) is 11.3 Å². The summed E-state index contributed by atoms with van der Waals surface area (Å²) in [5.41, 5.74) is 1.85. The number of benzene rings is 2. The van der Waals surface area contributed by atoms with Gasteiger partial charge in [0.05, 0.1) is 16.6 Å². The van der Waals surface area contributed by atoms with E-state index in [1.165, 1.54) is 15.6 Å². The van der Waals surface area contributed by atoms with E-state index >= 15 is 0 Å². The lowest BCUT2D eigenvalue weighted by molar-refractivity contribution is -0.135. The zero-order valence-corrected chi connectivity index (χ0v) is 22.0. The Kier molecular flexibility index (Phi) is 7.10. The van der Waals surface area contributed by atoms with Gasteiger partial charge in [0.15, 0.2) is 0 Å². The van der Waals surface area contributed by atoms with Gasteiger partial charge in [0.25, 0.3) is 10.0 Å². The van der Waals surface area contributed by atoms with Crippen LogP contribution >= 0.6 is 34.5 Å². The topological polar surface area (TPSA) is 60.9 Å². The second-order valence-corrected chi connectivity index (χ2v) is 12.7. The van der Waals surface area contributed by atoms with Crippen molar-refractivity contribution in [2.24, 2.45) is 5.92 Å². The van der Waals surface area contributed by atoms with Gasteiger partial charge in [0.1, 0.15) is 4.21 Å². The van der Waals surface area contributed by atoms with E-state index in [0.29, 0.717) is 47.0 Å². The highest BCUT2D eigenvalue weighted by atomic mass is 35.5. The monoisotopic (exact) mass is 549 g/mol. The molecule has 0 N–H and O–H groups in total. The van der Waals surface area contributed by atoms with Gasteiger partial charge in [-0.25, -0.2) is 8.42 Å². The Labute approximate surface area is 219 Å². The Bertz CT molecular complexity index is 1290. The highest BCUT2D eigenvalue weighted by Gasteiger charge is 2.45. The van der Waals surface area contributed by atoms with Crippen molar-refractivity contribution >= 4 is 56.2 Å². The molecular formula is C25H25Cl2N3O3S2. The Balaban J connectivity index is 1.35. The molecule has 2 saturated heterocycles. The zero-order valence-electron chi connectivity index (χ0n) is 18.9. The summed E-state index contributed by atoms with van der Waals surface area (Å²) in [5, 5.41) is 3.00. The van der Waals surface area contributed by atoms with Crippen molar-refractivity contribution in [1.82, 2.24) is 9.21 Å². The Morgan fingerprint density at radius 3 is 2.34 bits per heavy atom. The molecule has 2 aliphatic heterocycles. The summed E-state index contributed by atoms with van der Waals surface area (Å²) in [6.07, 6.45) is 0. The van der Waals surface area contributed by atoms with Crippen LogP contribution in [0.5, 0.6) is 0 Å². The number of piperazine rings is 1. The fourth-order valence-electron chi connectivity index (χ4n) is 4.92. The molecule has 0 aliphatic carbocycles. The molecule has 0 saturated carbocycles. The van der Waals surface area contributed by atoms with Gasteiger partial charge in [-0.15, -0.1) is 11.3 Å². The lowest BCUT2D eigenvalue weighted by Crippen LogP contribution is -2.51. The highest BCUT2D eigenvalue weighted by Crippen LogP contribution is 2.38. The molecule has 2 aliphatic rings. The van der Waals surface area contributed by atoms with Crippen LogP contribution in [0.4, 0.5) is 5.69 Å². The molecule has 0 spiro atoms. The summed E-state index contributed by atoms with van der Waals surface area (Å²) >= 11 is 13.7. The fourth-order valence-corrected chi connectivity index (χ4v) is 7.96. The average molecular weight is 551 g/mol. The number of thiophene rings is 1. The largest absolute Gasteiger partial charge is 0.367 e. The van der Waals surface area contributed by atoms with Gasteiger partial charge in [-0.3, -0.25) is 4.79 Å². The first kappa shape index (κ1) is 24.6. The lowest BCUT2D eigenvalue weighted by Gasteiger charge is -2.38. The number of anilines is 1. The fraction of sp³-hybridized carbons (Fsp3) is 0.320. The van der Waals surface area contributed by atoms with Crippen LogP contribution in [0.25, 0.3) is 0 Å². The van der Waals surface area contributed by atoms with Crippen molar-refractivity contribution in [3.05, 3.63) is 81.7 Å². The molecule has 2 atom stereocenters. The highest BCUT2D eigenvalue weighted by molar-refractivity contribution is 7.91. The molecule has 10 heteroatoms. The van der Waals surface area contributed by atoms with Gasteiger partial charge < -0.3 is 9.80 Å². The summed E-state index contributed by atoms with van der Waals surface area (Å²) in [6.45, 7) is 2.81. The molecule has 0 radical (unpaired) electrons. The van der Waals surface area contributed by atoms with Crippen LogP contribution in [0.2, 0.25) is 10.0 Å². The molecule has 184 valence electrons. The molecule has 1 aromatic heterocycles. The van der Waals surface area contributed by atoms with Gasteiger partial charge in [-0.05, 0) is 35.2 Å². The smallest absolute Gasteiger partial charge is 0.252 e. The van der Waals surface area contributed by atoms with Crippen LogP contribution in [0.3, 0.4) is 0 Å². The molecule has 6 nitrogen and oxygen atoms in total. The quantitative estimate of drug-likeness (QED) is 0.458. The van der Waals surface area contributed by atoms with E-state index in [2.05, 4.69) is 4.90 Å². The third kappa shape index (κ3) is 4.95. The number of halogens is 2. The van der Waals surface area contributed by atoms with Crippen LogP contribution in [0, 0.1) is 5.92 Å². The van der Waals surface area contributed by atoms with Gasteiger partial charge >= 0.3 is 0 Å². The average Bonchev–Trinajstić information content (AvgIpc) is 3.57. The van der Waals surface area contributed by atoms with Crippen LogP contribution in [-0.4, -0.2) is 62.8 Å². The van der Waals surface area contributed by atoms with Gasteiger partial charge in [-0.2, -0.15) is 4.31 Å². The number of nitrogens with zero attached hydrogens (tertiary/aromatic N) is 3. The van der Waals surface area contributed by atoms with E-state index in [4.69, 9.17) is 23.2 Å². The SMILES string of the molecule is O=C([C@@H]1CN(S(=O)(=O)c2cccs2)CC1c1ccccc1)N1CCN(c2cc(Cl)ccc2Cl)CC1. The summed E-state index contributed by atoms with van der Waals surface area (Å²) in [7, 11) is -3.64. The third-order valence-electron chi connectivity index (χ3n) is 6.76. The molecule has 2 aromatic carbocycles. The van der Waals surface area contributed by atoms with Crippen LogP contribution in [0.1, 0.15) is 11.5 Å². The zero-order chi connectivity index (χ0) is 24.6. The maximum atomic E-state index is 13.7. The molecule has 35 heavy (non-hydrogen) atoms. The number of rotatable bonds is 5. The maximum Gasteiger partial charge on any atom is 0.252 e. The first-order chi connectivity index (χ1) is 16.8. The molecular weight excluding hydrogens is 525 g/mol. The molecule has 1 amide bonds. The summed E-state index contributed by atoms with van der Waals surface area (Å²) in [5.74, 6) is -0.633. The second-order valence-electron chi connectivity index (χ2n) is 8.79. The number of carbonyl (C=O) groups is 1. The van der Waals surface area contributed by atoms with E-state index in [1.54, 1.807) is 29.6 Å². The minimum atomic E-state index is -3.64. The van der Waals surface area contributed by atoms with Crippen molar-refractivity contribution in [2.75, 3.05) is 44.2 Å².